The number of carbonyl (C=O) groups is 1. The number of nitriles is 1. The normalized spacial score (nSPS) is 18.4. The predicted molar refractivity (Wildman–Crippen MR) is 63.4 cm³/mol. The van der Waals surface area contributed by atoms with Crippen LogP contribution < -0.4 is 0 Å². The first-order chi connectivity index (χ1) is 8.29. The second-order valence-electron chi connectivity index (χ2n) is 3.99. The van der Waals surface area contributed by atoms with E-state index in [1.807, 2.05) is 18.2 Å². The van der Waals surface area contributed by atoms with E-state index in [1.54, 1.807) is 24.3 Å². The molecule has 3 nitrogen and oxygen atoms in total. The van der Waals surface area contributed by atoms with E-state index >= 15 is 0 Å². The number of ether oxygens (including phenoxy) is 1. The molecule has 0 bridgehead atoms. The maximum Gasteiger partial charge on any atom is 0.338 e. The van der Waals surface area contributed by atoms with Crippen LogP contribution >= 0.6 is 0 Å². The van der Waals surface area contributed by atoms with Gasteiger partial charge in [0.15, 0.2) is 0 Å². The van der Waals surface area contributed by atoms with Gasteiger partial charge in [-0.2, -0.15) is 5.26 Å². The van der Waals surface area contributed by atoms with Gasteiger partial charge in [-0.3, -0.25) is 0 Å². The predicted octanol–water partition coefficient (Wildman–Crippen LogP) is 2.82. The molecule has 1 atom stereocenters. The monoisotopic (exact) mass is 227 g/mol. The van der Waals surface area contributed by atoms with Crippen LogP contribution in [0.1, 0.15) is 35.2 Å². The fourth-order valence-corrected chi connectivity index (χ4v) is 1.77. The number of allylic oxidation sites excluding steroid dienone is 1. The molecule has 0 saturated heterocycles. The van der Waals surface area contributed by atoms with Crippen molar-refractivity contribution in [3.63, 3.8) is 0 Å². The molecule has 1 aromatic carbocycles. The fourth-order valence-electron chi connectivity index (χ4n) is 1.77. The number of rotatable bonds is 2. The largest absolute Gasteiger partial charge is 0.455 e. The van der Waals surface area contributed by atoms with Gasteiger partial charge in [0.2, 0.25) is 0 Å². The minimum absolute atomic E-state index is 0.105. The van der Waals surface area contributed by atoms with Gasteiger partial charge in [-0.15, -0.1) is 0 Å². The molecule has 0 fully saturated rings. The molecule has 1 aliphatic rings. The van der Waals surface area contributed by atoms with Gasteiger partial charge in [0.05, 0.1) is 17.2 Å². The van der Waals surface area contributed by atoms with Crippen molar-refractivity contribution < 1.29 is 9.53 Å². The minimum atomic E-state index is -0.328. The van der Waals surface area contributed by atoms with Crippen LogP contribution in [0.4, 0.5) is 0 Å². The Morgan fingerprint density at radius 1 is 1.35 bits per heavy atom. The van der Waals surface area contributed by atoms with Crippen LogP contribution in [0.25, 0.3) is 0 Å². The van der Waals surface area contributed by atoms with Gasteiger partial charge in [-0.1, -0.05) is 6.08 Å². The smallest absolute Gasteiger partial charge is 0.338 e. The van der Waals surface area contributed by atoms with Crippen molar-refractivity contribution in [3.8, 4) is 6.07 Å². The summed E-state index contributed by atoms with van der Waals surface area (Å²) in [4.78, 5) is 11.8. The third kappa shape index (κ3) is 2.94. The first kappa shape index (κ1) is 11.4. The summed E-state index contributed by atoms with van der Waals surface area (Å²) >= 11 is 0. The van der Waals surface area contributed by atoms with Crippen LogP contribution in [0.15, 0.2) is 36.4 Å². The molecule has 1 aromatic rings. The van der Waals surface area contributed by atoms with E-state index in [9.17, 15) is 4.79 Å². The molecule has 2 rings (SSSR count). The summed E-state index contributed by atoms with van der Waals surface area (Å²) in [5, 5.41) is 8.65. The summed E-state index contributed by atoms with van der Waals surface area (Å²) in [5.74, 6) is -0.328. The Bertz CT molecular complexity index is 468. The molecule has 86 valence electrons. The Kier molecular flexibility index (Phi) is 3.56. The highest BCUT2D eigenvalue weighted by molar-refractivity contribution is 5.89. The van der Waals surface area contributed by atoms with E-state index in [0.717, 1.165) is 19.3 Å². The van der Waals surface area contributed by atoms with Crippen LogP contribution in [0.2, 0.25) is 0 Å². The highest BCUT2D eigenvalue weighted by Gasteiger charge is 2.15. The lowest BCUT2D eigenvalue weighted by Crippen LogP contribution is -2.17. The molecular formula is C14H13NO2. The summed E-state index contributed by atoms with van der Waals surface area (Å²) in [6, 6.07) is 8.48. The Hall–Kier alpha value is -2.08. The van der Waals surface area contributed by atoms with Crippen molar-refractivity contribution in [2.24, 2.45) is 0 Å². The Morgan fingerprint density at radius 2 is 2.12 bits per heavy atom. The zero-order valence-electron chi connectivity index (χ0n) is 9.43. The lowest BCUT2D eigenvalue weighted by molar-refractivity contribution is 0.0370. The van der Waals surface area contributed by atoms with Crippen LogP contribution in [-0.4, -0.2) is 12.1 Å². The standard InChI is InChI=1S/C14H13NO2/c15-10-11-6-8-12(9-7-11)14(16)17-13-4-2-1-3-5-13/h2,4,6-9,13H,1,3,5H2. The molecule has 0 N–H and O–H groups in total. The van der Waals surface area contributed by atoms with Gasteiger partial charge in [0.25, 0.3) is 0 Å². The number of hydrogen-bond acceptors (Lipinski definition) is 3. The molecule has 0 heterocycles. The van der Waals surface area contributed by atoms with Crippen molar-refractivity contribution in [1.29, 1.82) is 5.26 Å². The third-order valence-electron chi connectivity index (χ3n) is 2.72. The highest BCUT2D eigenvalue weighted by Crippen LogP contribution is 2.15. The molecular weight excluding hydrogens is 214 g/mol. The summed E-state index contributed by atoms with van der Waals surface area (Å²) < 4.78 is 5.34. The average Bonchev–Trinajstić information content (AvgIpc) is 2.40. The van der Waals surface area contributed by atoms with E-state index in [2.05, 4.69) is 0 Å². The Labute approximate surface area is 100 Å². The van der Waals surface area contributed by atoms with Crippen molar-refractivity contribution in [2.75, 3.05) is 0 Å². The fraction of sp³-hybridized carbons (Fsp3) is 0.286. The Morgan fingerprint density at radius 3 is 2.71 bits per heavy atom. The molecule has 3 heteroatoms. The number of nitrogens with zero attached hydrogens (tertiary/aromatic N) is 1. The van der Waals surface area contributed by atoms with E-state index in [-0.39, 0.29) is 12.1 Å². The van der Waals surface area contributed by atoms with Gasteiger partial charge in [0.1, 0.15) is 6.10 Å². The maximum absolute atomic E-state index is 11.8. The summed E-state index contributed by atoms with van der Waals surface area (Å²) in [6.07, 6.45) is 6.88. The molecule has 0 aliphatic heterocycles. The number of benzene rings is 1. The van der Waals surface area contributed by atoms with Crippen LogP contribution in [0, 0.1) is 11.3 Å². The van der Waals surface area contributed by atoms with Crippen LogP contribution in [0.3, 0.4) is 0 Å². The highest BCUT2D eigenvalue weighted by atomic mass is 16.5. The SMILES string of the molecule is N#Cc1ccc(C(=O)OC2C=CCCC2)cc1. The van der Waals surface area contributed by atoms with Crippen molar-refractivity contribution in [1.82, 2.24) is 0 Å². The zero-order chi connectivity index (χ0) is 12.1. The second kappa shape index (κ2) is 5.31. The topological polar surface area (TPSA) is 50.1 Å². The first-order valence-corrected chi connectivity index (χ1v) is 5.67. The van der Waals surface area contributed by atoms with Crippen LogP contribution in [0.5, 0.6) is 0 Å². The quantitative estimate of drug-likeness (QED) is 0.576. The molecule has 17 heavy (non-hydrogen) atoms. The first-order valence-electron chi connectivity index (χ1n) is 5.67. The second-order valence-corrected chi connectivity index (χ2v) is 3.99. The number of carbonyl (C=O) groups excluding carboxylic acids is 1. The maximum atomic E-state index is 11.8. The van der Waals surface area contributed by atoms with Crippen molar-refractivity contribution in [2.45, 2.75) is 25.4 Å². The molecule has 0 radical (unpaired) electrons. The summed E-state index contributed by atoms with van der Waals surface area (Å²) in [6.45, 7) is 0. The summed E-state index contributed by atoms with van der Waals surface area (Å²) in [7, 11) is 0. The van der Waals surface area contributed by atoms with E-state index in [4.69, 9.17) is 10.00 Å². The van der Waals surface area contributed by atoms with Crippen molar-refractivity contribution >= 4 is 5.97 Å². The molecule has 0 saturated carbocycles. The average molecular weight is 227 g/mol. The van der Waals surface area contributed by atoms with E-state index in [0.29, 0.717) is 11.1 Å². The molecule has 1 aliphatic carbocycles. The van der Waals surface area contributed by atoms with Crippen LogP contribution in [-0.2, 0) is 4.74 Å². The van der Waals surface area contributed by atoms with Gasteiger partial charge in [0, 0.05) is 0 Å². The van der Waals surface area contributed by atoms with Gasteiger partial charge >= 0.3 is 5.97 Å². The Balaban J connectivity index is 2.01. The van der Waals surface area contributed by atoms with E-state index in [1.165, 1.54) is 0 Å². The molecule has 0 aromatic heterocycles. The van der Waals surface area contributed by atoms with Gasteiger partial charge in [-0.25, -0.2) is 4.79 Å². The molecule has 1 unspecified atom stereocenters. The number of hydrogen-bond donors (Lipinski definition) is 0. The van der Waals surface area contributed by atoms with Gasteiger partial charge < -0.3 is 4.74 Å². The van der Waals surface area contributed by atoms with Crippen molar-refractivity contribution in [3.05, 3.63) is 47.5 Å². The van der Waals surface area contributed by atoms with E-state index < -0.39 is 0 Å². The third-order valence-corrected chi connectivity index (χ3v) is 2.72. The summed E-state index contributed by atoms with van der Waals surface area (Å²) in [5.41, 5.74) is 1.03. The molecule has 0 amide bonds. The number of esters is 1. The zero-order valence-corrected chi connectivity index (χ0v) is 9.43. The lowest BCUT2D eigenvalue weighted by atomic mass is 10.1. The molecule has 0 spiro atoms. The minimum Gasteiger partial charge on any atom is -0.455 e. The van der Waals surface area contributed by atoms with Gasteiger partial charge in [-0.05, 0) is 49.6 Å². The lowest BCUT2D eigenvalue weighted by Gasteiger charge is -2.16.